The highest BCUT2D eigenvalue weighted by Gasteiger charge is 2.26. The summed E-state index contributed by atoms with van der Waals surface area (Å²) in [6.45, 7) is 8.56. The van der Waals surface area contributed by atoms with E-state index < -0.39 is 0 Å². The van der Waals surface area contributed by atoms with E-state index in [4.69, 9.17) is 10.3 Å². The number of nitrogens with zero attached hydrogens (tertiary/aromatic N) is 3. The summed E-state index contributed by atoms with van der Waals surface area (Å²) >= 11 is 0. The van der Waals surface area contributed by atoms with Crippen LogP contribution in [0.1, 0.15) is 57.3 Å². The molecule has 0 aliphatic carbocycles. The van der Waals surface area contributed by atoms with E-state index in [1.54, 1.807) is 0 Å². The van der Waals surface area contributed by atoms with E-state index in [2.05, 4.69) is 28.9 Å². The third-order valence-corrected chi connectivity index (χ3v) is 3.47. The van der Waals surface area contributed by atoms with Crippen molar-refractivity contribution in [2.45, 2.75) is 51.6 Å². The van der Waals surface area contributed by atoms with Crippen LogP contribution in [0, 0.1) is 0 Å². The van der Waals surface area contributed by atoms with E-state index in [0.29, 0.717) is 17.8 Å². The van der Waals surface area contributed by atoms with Crippen LogP contribution in [-0.4, -0.2) is 34.2 Å². The molecule has 1 aromatic heterocycles. The second kappa shape index (κ2) is 5.14. The van der Waals surface area contributed by atoms with E-state index >= 15 is 0 Å². The predicted molar refractivity (Wildman–Crippen MR) is 65.6 cm³/mol. The zero-order chi connectivity index (χ0) is 12.4. The largest absolute Gasteiger partial charge is 0.339 e. The SMILES string of the molecule is CC(N)c1noc(C2CCN(C(C)C)CC2)n1. The Morgan fingerprint density at radius 3 is 2.41 bits per heavy atom. The van der Waals surface area contributed by atoms with Crippen molar-refractivity contribution >= 4 is 0 Å². The normalized spacial score (nSPS) is 21.0. The molecule has 5 heteroatoms. The Balaban J connectivity index is 1.96. The van der Waals surface area contributed by atoms with Crippen LogP contribution in [0.15, 0.2) is 4.52 Å². The molecule has 0 saturated carbocycles. The van der Waals surface area contributed by atoms with Gasteiger partial charge in [0.05, 0.1) is 6.04 Å². The van der Waals surface area contributed by atoms with Gasteiger partial charge in [0.15, 0.2) is 5.82 Å². The molecule has 17 heavy (non-hydrogen) atoms. The first-order chi connectivity index (χ1) is 8.08. The minimum absolute atomic E-state index is 0.150. The number of hydrogen-bond donors (Lipinski definition) is 1. The lowest BCUT2D eigenvalue weighted by atomic mass is 9.96. The van der Waals surface area contributed by atoms with Crippen LogP contribution < -0.4 is 5.73 Å². The first-order valence-electron chi connectivity index (χ1n) is 6.41. The van der Waals surface area contributed by atoms with Crippen molar-refractivity contribution in [1.29, 1.82) is 0 Å². The summed E-state index contributed by atoms with van der Waals surface area (Å²) in [5, 5.41) is 3.92. The third kappa shape index (κ3) is 2.84. The Hall–Kier alpha value is -0.940. The molecular weight excluding hydrogens is 216 g/mol. The van der Waals surface area contributed by atoms with Gasteiger partial charge < -0.3 is 15.2 Å². The molecule has 2 N–H and O–H groups in total. The summed E-state index contributed by atoms with van der Waals surface area (Å²) in [5.74, 6) is 1.79. The summed E-state index contributed by atoms with van der Waals surface area (Å²) in [6, 6.07) is 0.474. The van der Waals surface area contributed by atoms with Crippen LogP contribution in [0.25, 0.3) is 0 Å². The number of likely N-dealkylation sites (tertiary alicyclic amines) is 1. The molecule has 1 atom stereocenters. The minimum atomic E-state index is -0.150. The molecule has 0 bridgehead atoms. The monoisotopic (exact) mass is 238 g/mol. The van der Waals surface area contributed by atoms with E-state index in [1.165, 1.54) is 0 Å². The Kier molecular flexibility index (Phi) is 3.79. The molecule has 1 aliphatic heterocycles. The van der Waals surface area contributed by atoms with Gasteiger partial charge in [0.1, 0.15) is 0 Å². The standard InChI is InChI=1S/C12H22N4O/c1-8(2)16-6-4-10(5-7-16)12-14-11(9(3)13)15-17-12/h8-10H,4-7,13H2,1-3H3. The van der Waals surface area contributed by atoms with Crippen LogP contribution in [-0.2, 0) is 0 Å². The van der Waals surface area contributed by atoms with E-state index in [-0.39, 0.29) is 6.04 Å². The smallest absolute Gasteiger partial charge is 0.229 e. The lowest BCUT2D eigenvalue weighted by Gasteiger charge is -2.33. The van der Waals surface area contributed by atoms with Crippen LogP contribution >= 0.6 is 0 Å². The fourth-order valence-corrected chi connectivity index (χ4v) is 2.26. The molecule has 0 radical (unpaired) electrons. The van der Waals surface area contributed by atoms with Gasteiger partial charge in [0.25, 0.3) is 0 Å². The molecule has 1 aliphatic rings. The van der Waals surface area contributed by atoms with Gasteiger partial charge in [-0.25, -0.2) is 0 Å². The Labute approximate surface area is 102 Å². The van der Waals surface area contributed by atoms with Crippen LogP contribution in [0.3, 0.4) is 0 Å². The number of rotatable bonds is 3. The first kappa shape index (κ1) is 12.5. The molecule has 0 aromatic carbocycles. The minimum Gasteiger partial charge on any atom is -0.339 e. The zero-order valence-corrected chi connectivity index (χ0v) is 10.9. The second-order valence-corrected chi connectivity index (χ2v) is 5.18. The summed E-state index contributed by atoms with van der Waals surface area (Å²) in [6.07, 6.45) is 2.19. The average molecular weight is 238 g/mol. The Morgan fingerprint density at radius 1 is 1.29 bits per heavy atom. The maximum Gasteiger partial charge on any atom is 0.229 e. The topological polar surface area (TPSA) is 68.2 Å². The maximum absolute atomic E-state index is 5.73. The fraction of sp³-hybridized carbons (Fsp3) is 0.833. The molecule has 0 amide bonds. The molecule has 2 heterocycles. The molecular formula is C12H22N4O. The van der Waals surface area contributed by atoms with Gasteiger partial charge in [-0.05, 0) is 46.7 Å². The molecule has 0 spiro atoms. The lowest BCUT2D eigenvalue weighted by molar-refractivity contribution is 0.160. The number of hydrogen-bond acceptors (Lipinski definition) is 5. The zero-order valence-electron chi connectivity index (χ0n) is 10.9. The van der Waals surface area contributed by atoms with Gasteiger partial charge in [0.2, 0.25) is 5.89 Å². The molecule has 1 unspecified atom stereocenters. The quantitative estimate of drug-likeness (QED) is 0.867. The van der Waals surface area contributed by atoms with E-state index in [9.17, 15) is 0 Å². The molecule has 1 saturated heterocycles. The molecule has 1 aromatic rings. The highest BCUT2D eigenvalue weighted by molar-refractivity contribution is 4.98. The van der Waals surface area contributed by atoms with Gasteiger partial charge in [-0.3, -0.25) is 0 Å². The van der Waals surface area contributed by atoms with E-state index in [0.717, 1.165) is 31.8 Å². The van der Waals surface area contributed by atoms with Crippen molar-refractivity contribution in [1.82, 2.24) is 15.0 Å². The molecule has 2 rings (SSSR count). The van der Waals surface area contributed by atoms with Crippen molar-refractivity contribution in [2.75, 3.05) is 13.1 Å². The lowest BCUT2D eigenvalue weighted by Crippen LogP contribution is -2.37. The number of aromatic nitrogens is 2. The summed E-state index contributed by atoms with van der Waals surface area (Å²) < 4.78 is 5.30. The fourth-order valence-electron chi connectivity index (χ4n) is 2.26. The summed E-state index contributed by atoms with van der Waals surface area (Å²) in [4.78, 5) is 6.87. The van der Waals surface area contributed by atoms with Crippen LogP contribution in [0.2, 0.25) is 0 Å². The Morgan fingerprint density at radius 2 is 1.94 bits per heavy atom. The van der Waals surface area contributed by atoms with Gasteiger partial charge >= 0.3 is 0 Å². The second-order valence-electron chi connectivity index (χ2n) is 5.18. The van der Waals surface area contributed by atoms with Crippen molar-refractivity contribution in [2.24, 2.45) is 5.73 Å². The third-order valence-electron chi connectivity index (χ3n) is 3.47. The summed E-state index contributed by atoms with van der Waals surface area (Å²) in [5.41, 5.74) is 5.73. The first-order valence-corrected chi connectivity index (χ1v) is 6.41. The van der Waals surface area contributed by atoms with E-state index in [1.807, 2.05) is 6.92 Å². The number of nitrogens with two attached hydrogens (primary N) is 1. The predicted octanol–water partition coefficient (Wildman–Crippen LogP) is 1.68. The van der Waals surface area contributed by atoms with Crippen molar-refractivity contribution in [3.8, 4) is 0 Å². The van der Waals surface area contributed by atoms with Crippen molar-refractivity contribution < 1.29 is 4.52 Å². The van der Waals surface area contributed by atoms with Gasteiger partial charge in [-0.2, -0.15) is 4.98 Å². The molecule has 5 nitrogen and oxygen atoms in total. The maximum atomic E-state index is 5.73. The van der Waals surface area contributed by atoms with Crippen LogP contribution in [0.4, 0.5) is 0 Å². The number of piperidine rings is 1. The highest BCUT2D eigenvalue weighted by atomic mass is 16.5. The van der Waals surface area contributed by atoms with Crippen molar-refractivity contribution in [3.05, 3.63) is 11.7 Å². The van der Waals surface area contributed by atoms with Crippen molar-refractivity contribution in [3.63, 3.8) is 0 Å². The molecule has 96 valence electrons. The van der Waals surface area contributed by atoms with Crippen LogP contribution in [0.5, 0.6) is 0 Å². The Bertz CT molecular complexity index is 353. The molecule has 1 fully saturated rings. The average Bonchev–Trinajstić information content (AvgIpc) is 2.78. The van der Waals surface area contributed by atoms with Gasteiger partial charge in [-0.15, -0.1) is 0 Å². The highest BCUT2D eigenvalue weighted by Crippen LogP contribution is 2.27. The van der Waals surface area contributed by atoms with Gasteiger partial charge in [-0.1, -0.05) is 5.16 Å². The summed E-state index contributed by atoms with van der Waals surface area (Å²) in [7, 11) is 0. The van der Waals surface area contributed by atoms with Gasteiger partial charge in [0, 0.05) is 12.0 Å².